The second-order valence-electron chi connectivity index (χ2n) is 17.9. The predicted octanol–water partition coefficient (Wildman–Crippen LogP) is 1.97. The largest absolute Gasteiger partial charge is 0.481 e. The number of ether oxygens (including phenoxy) is 2. The number of rotatable bonds is 5. The zero-order chi connectivity index (χ0) is 34.7. The average Bonchev–Trinajstić information content (AvgIpc) is 3.00. The molecule has 4 saturated carbocycles. The Kier molecular flexibility index (Phi) is 8.68. The van der Waals surface area contributed by atoms with Gasteiger partial charge in [0, 0.05) is 5.41 Å². The molecule has 268 valence electrons. The molecule has 0 amide bonds. The van der Waals surface area contributed by atoms with Crippen LogP contribution in [0.2, 0.25) is 0 Å². The molecule has 47 heavy (non-hydrogen) atoms. The van der Waals surface area contributed by atoms with Gasteiger partial charge in [-0.05, 0) is 90.8 Å². The van der Waals surface area contributed by atoms with Crippen molar-refractivity contribution in [2.75, 3.05) is 13.2 Å². The first-order valence-corrected chi connectivity index (χ1v) is 17.6. The van der Waals surface area contributed by atoms with E-state index in [1.54, 1.807) is 0 Å². The van der Waals surface area contributed by atoms with Gasteiger partial charge < -0.3 is 50.3 Å². The second-order valence-corrected chi connectivity index (χ2v) is 17.9. The summed E-state index contributed by atoms with van der Waals surface area (Å²) >= 11 is 0. The van der Waals surface area contributed by atoms with Gasteiger partial charge in [-0.3, -0.25) is 4.79 Å². The number of hydrogen-bond donors (Lipinski definition) is 8. The fraction of sp³-hybridized carbons (Fsp3) is 0.917. The summed E-state index contributed by atoms with van der Waals surface area (Å²) in [6.45, 7) is 12.0. The highest BCUT2D eigenvalue weighted by Gasteiger charge is 2.71. The standard InChI is InChI=1S/C36H58O11/c1-31(2)13-19-18-7-8-23-32(3)14-20(39)28(47-29-27(43)26(42)25(41)21(16-37)46-29)33(4,17-38)22(32)9-10-35(23,6)34(18,5)11-12-36(19,30(44)45)15-24(31)40/h7,19-29,37-43H,8-17H2,1-6H3,(H,44,45)/t19-,20-,21+,22-,23+,24+,25+,26-,27+,28+,29-,32+,33+,34+,35-,36-/m1/s1. The fourth-order valence-electron chi connectivity index (χ4n) is 12.3. The zero-order valence-corrected chi connectivity index (χ0v) is 28.8. The molecule has 0 spiro atoms. The lowest BCUT2D eigenvalue weighted by atomic mass is 9.33. The van der Waals surface area contributed by atoms with Crippen molar-refractivity contribution in [3.63, 3.8) is 0 Å². The van der Waals surface area contributed by atoms with Gasteiger partial charge in [0.1, 0.15) is 24.4 Å². The number of aliphatic carboxylic acids is 1. The highest BCUT2D eigenvalue weighted by atomic mass is 16.7. The molecule has 5 aliphatic carbocycles. The zero-order valence-electron chi connectivity index (χ0n) is 28.8. The molecule has 16 atom stereocenters. The third-order valence-corrected chi connectivity index (χ3v) is 15.4. The van der Waals surface area contributed by atoms with Crippen molar-refractivity contribution < 1.29 is 55.1 Å². The Labute approximate surface area is 278 Å². The summed E-state index contributed by atoms with van der Waals surface area (Å²) in [6.07, 6.45) is -3.01. The first-order chi connectivity index (χ1) is 21.8. The van der Waals surface area contributed by atoms with Gasteiger partial charge >= 0.3 is 5.97 Å². The van der Waals surface area contributed by atoms with Gasteiger partial charge in [-0.25, -0.2) is 0 Å². The van der Waals surface area contributed by atoms with Crippen molar-refractivity contribution in [2.45, 2.75) is 142 Å². The summed E-state index contributed by atoms with van der Waals surface area (Å²) in [5.74, 6) is -0.949. The highest BCUT2D eigenvalue weighted by molar-refractivity contribution is 5.77. The van der Waals surface area contributed by atoms with E-state index < -0.39 is 83.3 Å². The summed E-state index contributed by atoms with van der Waals surface area (Å²) in [7, 11) is 0. The van der Waals surface area contributed by atoms with E-state index in [1.165, 1.54) is 5.57 Å². The van der Waals surface area contributed by atoms with Crippen LogP contribution < -0.4 is 0 Å². The van der Waals surface area contributed by atoms with E-state index in [4.69, 9.17) is 9.47 Å². The molecular formula is C36H58O11. The van der Waals surface area contributed by atoms with Crippen LogP contribution in [-0.4, -0.2) is 109 Å². The molecular weight excluding hydrogens is 608 g/mol. The molecule has 5 fully saturated rings. The van der Waals surface area contributed by atoms with Crippen molar-refractivity contribution in [1.82, 2.24) is 0 Å². The van der Waals surface area contributed by atoms with E-state index in [2.05, 4.69) is 26.8 Å². The summed E-state index contributed by atoms with van der Waals surface area (Å²) in [5.41, 5.74) is -2.05. The number of carboxylic acid groups (broad SMARTS) is 1. The van der Waals surface area contributed by atoms with Crippen molar-refractivity contribution in [2.24, 2.45) is 50.2 Å². The lowest BCUT2D eigenvalue weighted by molar-refractivity contribution is -0.345. The SMILES string of the molecule is CC1(C)C[C@@H]2C3=CC[C@H]4[C@@]5(C)C[C@@H](O)[C@H](O[C@H]6O[C@@H](CO)[C@H](O)[C@@H](O)[C@@H]6O)[C@@](C)(CO)[C@@H]5CC[C@@]4(C)[C@@]3(C)CC[C@@]2(C(=O)O)C[C@@H]1O. The summed E-state index contributed by atoms with van der Waals surface area (Å²) in [6, 6.07) is 0. The van der Waals surface area contributed by atoms with Crippen molar-refractivity contribution in [3.05, 3.63) is 11.6 Å². The lowest BCUT2D eigenvalue weighted by Gasteiger charge is -2.72. The number of aliphatic hydroxyl groups is 7. The van der Waals surface area contributed by atoms with Gasteiger partial charge in [0.15, 0.2) is 6.29 Å². The third-order valence-electron chi connectivity index (χ3n) is 15.4. The maximum Gasteiger partial charge on any atom is 0.310 e. The summed E-state index contributed by atoms with van der Waals surface area (Å²) in [4.78, 5) is 13.0. The maximum absolute atomic E-state index is 13.0. The van der Waals surface area contributed by atoms with Gasteiger partial charge in [-0.2, -0.15) is 0 Å². The van der Waals surface area contributed by atoms with Crippen molar-refractivity contribution >= 4 is 5.97 Å². The fourth-order valence-corrected chi connectivity index (χ4v) is 12.3. The molecule has 11 nitrogen and oxygen atoms in total. The van der Waals surface area contributed by atoms with Crippen LogP contribution in [0.25, 0.3) is 0 Å². The van der Waals surface area contributed by atoms with Crippen LogP contribution in [0.3, 0.4) is 0 Å². The smallest absolute Gasteiger partial charge is 0.310 e. The molecule has 8 N–H and O–H groups in total. The minimum Gasteiger partial charge on any atom is -0.481 e. The van der Waals surface area contributed by atoms with Gasteiger partial charge in [0.2, 0.25) is 0 Å². The van der Waals surface area contributed by atoms with Gasteiger partial charge in [-0.1, -0.05) is 53.2 Å². The van der Waals surface area contributed by atoms with E-state index in [9.17, 15) is 45.6 Å². The van der Waals surface area contributed by atoms with E-state index in [0.717, 1.165) is 19.3 Å². The molecule has 11 heteroatoms. The Morgan fingerprint density at radius 1 is 0.894 bits per heavy atom. The van der Waals surface area contributed by atoms with Crippen molar-refractivity contribution in [3.8, 4) is 0 Å². The molecule has 0 bridgehead atoms. The molecule has 1 heterocycles. The minimum atomic E-state index is -1.62. The predicted molar refractivity (Wildman–Crippen MR) is 170 cm³/mol. The Balaban J connectivity index is 1.34. The van der Waals surface area contributed by atoms with Crippen LogP contribution in [0.5, 0.6) is 0 Å². The van der Waals surface area contributed by atoms with Gasteiger partial charge in [0.25, 0.3) is 0 Å². The van der Waals surface area contributed by atoms with Crippen LogP contribution in [0.15, 0.2) is 11.6 Å². The Morgan fingerprint density at radius 3 is 2.19 bits per heavy atom. The highest BCUT2D eigenvalue weighted by Crippen LogP contribution is 2.76. The van der Waals surface area contributed by atoms with Crippen LogP contribution in [-0.2, 0) is 14.3 Å². The lowest BCUT2D eigenvalue weighted by Crippen LogP contribution is -2.69. The van der Waals surface area contributed by atoms with E-state index in [-0.39, 0.29) is 41.6 Å². The quantitative estimate of drug-likeness (QED) is 0.158. The molecule has 0 aromatic rings. The Hall–Kier alpha value is -1.15. The van der Waals surface area contributed by atoms with Gasteiger partial charge in [0.05, 0.1) is 36.9 Å². The minimum absolute atomic E-state index is 0.0830. The number of carbonyl (C=O) groups is 1. The monoisotopic (exact) mass is 666 g/mol. The first kappa shape index (κ1) is 35.7. The van der Waals surface area contributed by atoms with Crippen LogP contribution >= 0.6 is 0 Å². The molecule has 0 radical (unpaired) electrons. The summed E-state index contributed by atoms with van der Waals surface area (Å²) < 4.78 is 11.9. The van der Waals surface area contributed by atoms with E-state index in [1.807, 2.05) is 20.8 Å². The second kappa shape index (κ2) is 11.4. The molecule has 6 aliphatic rings. The Bertz CT molecular complexity index is 1270. The molecule has 6 rings (SSSR count). The topological polar surface area (TPSA) is 197 Å². The molecule has 1 saturated heterocycles. The third kappa shape index (κ3) is 4.74. The number of allylic oxidation sites excluding steroid dienone is 2. The maximum atomic E-state index is 13.0. The van der Waals surface area contributed by atoms with Crippen LogP contribution in [0.1, 0.15) is 92.9 Å². The van der Waals surface area contributed by atoms with Crippen LogP contribution in [0.4, 0.5) is 0 Å². The van der Waals surface area contributed by atoms with Gasteiger partial charge in [-0.15, -0.1) is 0 Å². The van der Waals surface area contributed by atoms with Crippen LogP contribution in [0, 0.1) is 50.2 Å². The molecule has 0 aromatic heterocycles. The number of hydrogen-bond acceptors (Lipinski definition) is 10. The molecule has 1 aliphatic heterocycles. The normalized spacial score (nSPS) is 55.5. The molecule has 0 aromatic carbocycles. The summed E-state index contributed by atoms with van der Waals surface area (Å²) in [5, 5.41) is 85.7. The van der Waals surface area contributed by atoms with E-state index in [0.29, 0.717) is 25.7 Å². The Morgan fingerprint density at radius 2 is 1.57 bits per heavy atom. The molecule has 0 unspecified atom stereocenters. The number of aliphatic hydroxyl groups excluding tert-OH is 7. The number of fused-ring (bicyclic) bond motifs is 7. The van der Waals surface area contributed by atoms with E-state index >= 15 is 0 Å². The first-order valence-electron chi connectivity index (χ1n) is 17.6. The average molecular weight is 667 g/mol. The van der Waals surface area contributed by atoms with Crippen molar-refractivity contribution in [1.29, 1.82) is 0 Å². The number of carboxylic acids is 1.